The van der Waals surface area contributed by atoms with Crippen molar-refractivity contribution in [1.82, 2.24) is 14.5 Å². The molecular weight excluding hydrogens is 595 g/mol. The fraction of sp³-hybridized carbons (Fsp3) is 0.405. The van der Waals surface area contributed by atoms with Crippen molar-refractivity contribution in [3.05, 3.63) is 102 Å². The monoisotopic (exact) mass is 639 g/mol. The molecule has 8 nitrogen and oxygen atoms in total. The number of ether oxygens (including phenoxy) is 1. The number of carbonyl (C=O) groups is 2. The van der Waals surface area contributed by atoms with Gasteiger partial charge in [0.15, 0.2) is 5.78 Å². The maximum atomic E-state index is 13.9. The van der Waals surface area contributed by atoms with Crippen LogP contribution < -0.4 is 15.9 Å². The fourth-order valence-electron chi connectivity index (χ4n) is 6.57. The van der Waals surface area contributed by atoms with Crippen molar-refractivity contribution < 1.29 is 18.8 Å². The highest BCUT2D eigenvalue weighted by molar-refractivity contribution is 6.99. The van der Waals surface area contributed by atoms with Gasteiger partial charge in [-0.1, -0.05) is 93.6 Å². The third kappa shape index (κ3) is 7.00. The molecule has 3 aromatic carbocycles. The van der Waals surface area contributed by atoms with Crippen LogP contribution >= 0.6 is 0 Å². The number of aromatic nitrogens is 2. The van der Waals surface area contributed by atoms with Gasteiger partial charge in [-0.2, -0.15) is 0 Å². The Morgan fingerprint density at radius 3 is 2.04 bits per heavy atom. The summed E-state index contributed by atoms with van der Waals surface area (Å²) in [5.74, 6) is -0.185. The van der Waals surface area contributed by atoms with Gasteiger partial charge < -0.3 is 14.1 Å². The molecule has 242 valence electrons. The molecule has 0 bridgehead atoms. The number of Topliss-reactive ketones (excluding diaryl/α,β-unsaturated/α-hetero) is 1. The Morgan fingerprint density at radius 2 is 1.46 bits per heavy atom. The lowest BCUT2D eigenvalue weighted by Gasteiger charge is -2.49. The van der Waals surface area contributed by atoms with E-state index < -0.39 is 32.2 Å². The maximum absolute atomic E-state index is 13.9. The number of benzene rings is 3. The first-order chi connectivity index (χ1) is 21.8. The van der Waals surface area contributed by atoms with Crippen LogP contribution in [0.5, 0.6) is 0 Å². The Kier molecular flexibility index (Phi) is 9.65. The average Bonchev–Trinajstić information content (AvgIpc) is 3.01. The molecule has 0 N–H and O–H groups in total. The highest BCUT2D eigenvalue weighted by Gasteiger charge is 2.53. The van der Waals surface area contributed by atoms with E-state index >= 15 is 0 Å². The number of hydrogen-bond acceptors (Lipinski definition) is 6. The molecule has 0 unspecified atom stereocenters. The van der Waals surface area contributed by atoms with Crippen molar-refractivity contribution in [1.29, 1.82) is 0 Å². The van der Waals surface area contributed by atoms with Crippen molar-refractivity contribution >= 4 is 41.5 Å². The number of rotatable bonds is 8. The second kappa shape index (κ2) is 13.3. The Hall–Kier alpha value is -4.08. The third-order valence-corrected chi connectivity index (χ3v) is 13.7. The zero-order chi connectivity index (χ0) is 33.1. The van der Waals surface area contributed by atoms with Crippen LogP contribution in [0.3, 0.4) is 0 Å². The lowest BCUT2D eigenvalue weighted by Crippen LogP contribution is -2.69. The summed E-state index contributed by atoms with van der Waals surface area (Å²) in [7, 11) is -3.01. The quantitative estimate of drug-likeness (QED) is 0.230. The van der Waals surface area contributed by atoms with Crippen LogP contribution in [0.15, 0.2) is 96.1 Å². The number of nitrogens with zero attached hydrogens (tertiary/aromatic N) is 3. The number of fused-ring (bicyclic) bond motifs is 1. The molecule has 0 saturated carbocycles. The molecule has 46 heavy (non-hydrogen) atoms. The lowest BCUT2D eigenvalue weighted by molar-refractivity contribution is -0.122. The summed E-state index contributed by atoms with van der Waals surface area (Å²) in [4.78, 5) is 46.9. The van der Waals surface area contributed by atoms with Crippen molar-refractivity contribution in [3.63, 3.8) is 0 Å². The van der Waals surface area contributed by atoms with Gasteiger partial charge in [-0.05, 0) is 61.2 Å². The number of amides is 1. The maximum Gasteiger partial charge on any atom is 0.410 e. The minimum atomic E-state index is -3.01. The summed E-state index contributed by atoms with van der Waals surface area (Å²) < 4.78 is 14.7. The van der Waals surface area contributed by atoms with Crippen LogP contribution in [0.1, 0.15) is 60.8 Å². The van der Waals surface area contributed by atoms with Crippen molar-refractivity contribution in [2.24, 2.45) is 0 Å². The normalized spacial score (nSPS) is 17.6. The Morgan fingerprint density at radius 1 is 0.870 bits per heavy atom. The first-order valence-corrected chi connectivity index (χ1v) is 18.0. The van der Waals surface area contributed by atoms with Crippen molar-refractivity contribution in [3.8, 4) is 0 Å². The molecule has 1 aliphatic heterocycles. The molecule has 1 amide bonds. The predicted molar refractivity (Wildman–Crippen MR) is 184 cm³/mol. The van der Waals surface area contributed by atoms with Crippen molar-refractivity contribution in [2.75, 3.05) is 6.54 Å². The van der Waals surface area contributed by atoms with E-state index in [2.05, 4.69) is 50.0 Å². The minimum Gasteiger partial charge on any atom is -0.444 e. The Balaban J connectivity index is 1.55. The zero-order valence-electron chi connectivity index (χ0n) is 27.7. The first kappa shape index (κ1) is 33.3. The van der Waals surface area contributed by atoms with Gasteiger partial charge in [-0.25, -0.2) is 9.78 Å². The summed E-state index contributed by atoms with van der Waals surface area (Å²) >= 11 is 0. The number of ketones is 1. The number of likely N-dealkylation sites (tertiary alicyclic amines) is 1. The molecule has 0 spiro atoms. The second-order valence-corrected chi connectivity index (χ2v) is 18.4. The molecule has 1 saturated heterocycles. The van der Waals surface area contributed by atoms with Crippen LogP contribution in [-0.2, 0) is 20.5 Å². The highest BCUT2D eigenvalue weighted by Crippen LogP contribution is 2.40. The van der Waals surface area contributed by atoms with Gasteiger partial charge in [0.2, 0.25) is 0 Å². The van der Waals surface area contributed by atoms with Gasteiger partial charge in [0.05, 0.1) is 35.9 Å². The number of hydrogen-bond donors (Lipinski definition) is 0. The molecule has 4 aromatic rings. The van der Waals surface area contributed by atoms with E-state index in [1.807, 2.05) is 63.2 Å². The van der Waals surface area contributed by atoms with E-state index in [0.717, 1.165) is 10.4 Å². The molecule has 9 heteroatoms. The van der Waals surface area contributed by atoms with Crippen LogP contribution in [0.2, 0.25) is 5.04 Å². The Labute approximate surface area is 272 Å². The molecule has 5 rings (SSSR count). The van der Waals surface area contributed by atoms with E-state index in [9.17, 15) is 14.4 Å². The number of para-hydroxylation sites is 1. The van der Waals surface area contributed by atoms with E-state index in [-0.39, 0.29) is 29.3 Å². The summed E-state index contributed by atoms with van der Waals surface area (Å²) in [5.41, 5.74) is -0.397. The van der Waals surface area contributed by atoms with Gasteiger partial charge in [0.25, 0.3) is 13.9 Å². The van der Waals surface area contributed by atoms with Crippen LogP contribution in [0, 0.1) is 0 Å². The molecule has 0 radical (unpaired) electrons. The number of piperidine rings is 1. The molecule has 1 aromatic heterocycles. The highest BCUT2D eigenvalue weighted by atomic mass is 28.4. The Bertz CT molecular complexity index is 1690. The van der Waals surface area contributed by atoms with Crippen LogP contribution in [0.4, 0.5) is 4.79 Å². The SMILES string of the molecule is CC(C)(C)OC(=O)N1CCC[C@H](O[Si](c2ccccc2)(c2ccccc2)C(C)(C)C)[C@@H]1CC(=O)Cn1cnc2ccccc2c1=O. The van der Waals surface area contributed by atoms with Crippen molar-refractivity contribution in [2.45, 2.75) is 90.1 Å². The topological polar surface area (TPSA) is 90.7 Å². The summed E-state index contributed by atoms with van der Waals surface area (Å²) in [6, 6.07) is 27.2. The van der Waals surface area contributed by atoms with Crippen LogP contribution in [-0.4, -0.2) is 58.9 Å². The minimum absolute atomic E-state index is 0.0153. The largest absolute Gasteiger partial charge is 0.444 e. The van der Waals surface area contributed by atoms with E-state index in [1.54, 1.807) is 23.1 Å². The first-order valence-electron chi connectivity index (χ1n) is 16.0. The fourth-order valence-corrected chi connectivity index (χ4v) is 11.3. The molecule has 2 atom stereocenters. The molecular formula is C37H45N3O5Si. The van der Waals surface area contributed by atoms with Gasteiger partial charge in [0, 0.05) is 13.0 Å². The van der Waals surface area contributed by atoms with E-state index in [1.165, 1.54) is 10.9 Å². The molecule has 0 aliphatic carbocycles. The molecule has 2 heterocycles. The second-order valence-electron chi connectivity index (χ2n) is 14.1. The zero-order valence-corrected chi connectivity index (χ0v) is 28.7. The molecule has 1 fully saturated rings. The van der Waals surface area contributed by atoms with E-state index in [4.69, 9.17) is 9.16 Å². The van der Waals surface area contributed by atoms with Gasteiger partial charge in [0.1, 0.15) is 5.60 Å². The van der Waals surface area contributed by atoms with Gasteiger partial charge >= 0.3 is 6.09 Å². The molecule has 1 aliphatic rings. The average molecular weight is 640 g/mol. The van der Waals surface area contributed by atoms with Gasteiger partial charge in [-0.3, -0.25) is 14.2 Å². The number of carbonyl (C=O) groups excluding carboxylic acids is 2. The lowest BCUT2D eigenvalue weighted by atomic mass is 9.94. The summed E-state index contributed by atoms with van der Waals surface area (Å²) in [6.45, 7) is 12.5. The summed E-state index contributed by atoms with van der Waals surface area (Å²) in [6.07, 6.45) is 1.92. The standard InChI is InChI=1S/C37H45N3O5Si/c1-36(2,3)44-35(43)40-23-15-22-33(32(40)24-27(41)25-39-26-38-31-21-14-13-20-30(31)34(39)42)45-46(37(4,5)6,28-16-9-7-10-17-28)29-18-11-8-12-19-29/h7-14,16-21,26,32-33H,15,22-25H2,1-6H3/t32-,33-/m0/s1. The third-order valence-electron chi connectivity index (χ3n) is 8.61. The van der Waals surface area contributed by atoms with Gasteiger partial charge in [-0.15, -0.1) is 0 Å². The van der Waals surface area contributed by atoms with Crippen LogP contribution in [0.25, 0.3) is 10.9 Å². The predicted octanol–water partition coefficient (Wildman–Crippen LogP) is 5.70. The summed E-state index contributed by atoms with van der Waals surface area (Å²) in [5, 5.41) is 2.42. The smallest absolute Gasteiger partial charge is 0.410 e. The van der Waals surface area contributed by atoms with E-state index in [0.29, 0.717) is 30.3 Å².